The maximum Gasteiger partial charge on any atom is 0.150 e. The first-order valence-electron chi connectivity index (χ1n) is 6.09. The number of piperidine rings is 1. The quantitative estimate of drug-likeness (QED) is 0.755. The minimum absolute atomic E-state index is 0.209. The number of rotatable bonds is 2. The van der Waals surface area contributed by atoms with Gasteiger partial charge in [-0.1, -0.05) is 30.3 Å². The Bertz CT molecular complexity index is 400. The molecule has 16 heavy (non-hydrogen) atoms. The maximum absolute atomic E-state index is 11.7. The summed E-state index contributed by atoms with van der Waals surface area (Å²) < 4.78 is 0. The van der Waals surface area contributed by atoms with Crippen molar-refractivity contribution in [3.8, 4) is 0 Å². The minimum Gasteiger partial charge on any atom is -0.298 e. The first-order chi connectivity index (χ1) is 7.75. The smallest absolute Gasteiger partial charge is 0.150 e. The topological polar surface area (TPSA) is 20.3 Å². The van der Waals surface area contributed by atoms with Crippen LogP contribution in [0, 0.1) is 5.92 Å². The van der Waals surface area contributed by atoms with Crippen LogP contribution in [-0.2, 0) is 4.79 Å². The summed E-state index contributed by atoms with van der Waals surface area (Å²) in [6, 6.07) is 11.1. The molecule has 1 aromatic carbocycles. The molecular weight excluding hydrogens is 198 g/mol. The Balaban J connectivity index is 1.82. The second-order valence-corrected chi connectivity index (χ2v) is 5.07. The highest BCUT2D eigenvalue weighted by atomic mass is 16.1. The van der Waals surface area contributed by atoms with E-state index in [1.165, 1.54) is 5.56 Å². The van der Waals surface area contributed by atoms with Crippen molar-refractivity contribution in [2.24, 2.45) is 5.92 Å². The zero-order chi connectivity index (χ0) is 11.1. The first-order valence-corrected chi connectivity index (χ1v) is 6.09. The number of carbonyl (C=O) groups is 1. The Hall–Kier alpha value is -1.15. The number of fused-ring (bicyclic) bond motifs is 2. The van der Waals surface area contributed by atoms with Crippen molar-refractivity contribution < 1.29 is 4.79 Å². The molecule has 1 aliphatic carbocycles. The maximum atomic E-state index is 11.7. The minimum atomic E-state index is 0.209. The van der Waals surface area contributed by atoms with Gasteiger partial charge < -0.3 is 0 Å². The number of hydrogen-bond donors (Lipinski definition) is 0. The Morgan fingerprint density at radius 3 is 2.69 bits per heavy atom. The molecule has 1 aliphatic heterocycles. The summed E-state index contributed by atoms with van der Waals surface area (Å²) in [6.45, 7) is 3.32. The van der Waals surface area contributed by atoms with Crippen molar-refractivity contribution in [2.75, 3.05) is 6.54 Å². The third-order valence-corrected chi connectivity index (χ3v) is 4.07. The zero-order valence-electron chi connectivity index (χ0n) is 9.60. The van der Waals surface area contributed by atoms with Crippen LogP contribution < -0.4 is 0 Å². The summed E-state index contributed by atoms with van der Waals surface area (Å²) in [4.78, 5) is 14.1. The van der Waals surface area contributed by atoms with Crippen LogP contribution >= 0.6 is 0 Å². The SMILES string of the molecule is C[C@H](c1ccccc1)N1C[C@H]2CC(=O)[C@@H]1C2. The molecule has 84 valence electrons. The van der Waals surface area contributed by atoms with Gasteiger partial charge in [0.05, 0.1) is 6.04 Å². The van der Waals surface area contributed by atoms with Crippen molar-refractivity contribution in [2.45, 2.75) is 31.8 Å². The average Bonchev–Trinajstić information content (AvgIpc) is 2.88. The molecular formula is C14H17NO. The van der Waals surface area contributed by atoms with Crippen LogP contribution in [0.3, 0.4) is 0 Å². The largest absolute Gasteiger partial charge is 0.298 e. The molecule has 2 heteroatoms. The number of hydrogen-bond acceptors (Lipinski definition) is 2. The molecule has 0 N–H and O–H groups in total. The molecule has 0 radical (unpaired) electrons. The highest BCUT2D eigenvalue weighted by Crippen LogP contribution is 2.39. The summed E-state index contributed by atoms with van der Waals surface area (Å²) in [5.41, 5.74) is 1.32. The van der Waals surface area contributed by atoms with E-state index in [0.717, 1.165) is 19.4 Å². The molecule has 3 rings (SSSR count). The fraction of sp³-hybridized carbons (Fsp3) is 0.500. The van der Waals surface area contributed by atoms with Crippen LogP contribution in [0.2, 0.25) is 0 Å². The number of nitrogens with zero attached hydrogens (tertiary/aromatic N) is 1. The van der Waals surface area contributed by atoms with Gasteiger partial charge in [0, 0.05) is 19.0 Å². The molecule has 2 nitrogen and oxygen atoms in total. The van der Waals surface area contributed by atoms with Gasteiger partial charge in [0.2, 0.25) is 0 Å². The van der Waals surface area contributed by atoms with Crippen molar-refractivity contribution in [3.63, 3.8) is 0 Å². The lowest BCUT2D eigenvalue weighted by Gasteiger charge is -2.32. The Kier molecular flexibility index (Phi) is 2.32. The van der Waals surface area contributed by atoms with E-state index in [-0.39, 0.29) is 6.04 Å². The van der Waals surface area contributed by atoms with Gasteiger partial charge in [-0.3, -0.25) is 9.69 Å². The van der Waals surface area contributed by atoms with Gasteiger partial charge in [0.1, 0.15) is 5.78 Å². The summed E-state index contributed by atoms with van der Waals surface area (Å²) >= 11 is 0. The van der Waals surface area contributed by atoms with E-state index in [2.05, 4.69) is 36.1 Å². The van der Waals surface area contributed by atoms with Gasteiger partial charge >= 0.3 is 0 Å². The van der Waals surface area contributed by atoms with E-state index in [4.69, 9.17) is 0 Å². The number of ketones is 1. The summed E-state index contributed by atoms with van der Waals surface area (Å²) in [5, 5.41) is 0. The predicted molar refractivity (Wildman–Crippen MR) is 63.1 cm³/mol. The molecule has 1 heterocycles. The van der Waals surface area contributed by atoms with Gasteiger partial charge in [-0.25, -0.2) is 0 Å². The van der Waals surface area contributed by atoms with Gasteiger partial charge in [0.25, 0.3) is 0 Å². The van der Waals surface area contributed by atoms with Crippen LogP contribution in [-0.4, -0.2) is 23.3 Å². The highest BCUT2D eigenvalue weighted by Gasteiger charge is 2.45. The monoisotopic (exact) mass is 215 g/mol. The van der Waals surface area contributed by atoms with Crippen molar-refractivity contribution in [1.29, 1.82) is 0 Å². The fourth-order valence-corrected chi connectivity index (χ4v) is 3.19. The van der Waals surface area contributed by atoms with E-state index in [9.17, 15) is 4.79 Å². The lowest BCUT2D eigenvalue weighted by molar-refractivity contribution is -0.124. The number of Topliss-reactive ketones (excluding diaryl/α,β-unsaturated/α-hetero) is 1. The van der Waals surface area contributed by atoms with Crippen LogP contribution in [0.15, 0.2) is 30.3 Å². The Morgan fingerprint density at radius 2 is 2.06 bits per heavy atom. The molecule has 0 spiro atoms. The van der Waals surface area contributed by atoms with Crippen molar-refractivity contribution in [1.82, 2.24) is 4.90 Å². The Labute approximate surface area is 96.3 Å². The standard InChI is InChI=1S/C14H17NO/c1-10(12-5-3-2-4-6-12)15-9-11-7-13(15)14(16)8-11/h2-6,10-11,13H,7-9H2,1H3/t10-,11-,13+/m1/s1. The first kappa shape index (κ1) is 10.0. The third-order valence-electron chi connectivity index (χ3n) is 4.07. The highest BCUT2D eigenvalue weighted by molar-refractivity contribution is 5.87. The van der Waals surface area contributed by atoms with E-state index in [0.29, 0.717) is 17.7 Å². The molecule has 0 aromatic heterocycles. The fourth-order valence-electron chi connectivity index (χ4n) is 3.19. The van der Waals surface area contributed by atoms with Gasteiger partial charge in [0.15, 0.2) is 0 Å². The molecule has 1 saturated heterocycles. The van der Waals surface area contributed by atoms with Crippen LogP contribution in [0.1, 0.15) is 31.4 Å². The molecule has 2 aliphatic rings. The van der Waals surface area contributed by atoms with Gasteiger partial charge in [-0.05, 0) is 24.8 Å². The second kappa shape index (κ2) is 3.70. The van der Waals surface area contributed by atoms with Crippen molar-refractivity contribution in [3.05, 3.63) is 35.9 Å². The average molecular weight is 215 g/mol. The van der Waals surface area contributed by atoms with E-state index in [1.54, 1.807) is 0 Å². The van der Waals surface area contributed by atoms with E-state index in [1.807, 2.05) is 6.07 Å². The summed E-state index contributed by atoms with van der Waals surface area (Å²) in [5.74, 6) is 1.09. The van der Waals surface area contributed by atoms with E-state index < -0.39 is 0 Å². The molecule has 0 unspecified atom stereocenters. The second-order valence-electron chi connectivity index (χ2n) is 5.07. The van der Waals surface area contributed by atoms with Gasteiger partial charge in [-0.2, -0.15) is 0 Å². The Morgan fingerprint density at radius 1 is 1.31 bits per heavy atom. The molecule has 2 fully saturated rings. The number of likely N-dealkylation sites (tertiary alicyclic amines) is 1. The molecule has 0 amide bonds. The predicted octanol–water partition coefficient (Wildman–Crippen LogP) is 2.41. The summed E-state index contributed by atoms with van der Waals surface area (Å²) in [6.07, 6.45) is 1.92. The number of carbonyl (C=O) groups excluding carboxylic acids is 1. The molecule has 1 saturated carbocycles. The van der Waals surface area contributed by atoms with Crippen LogP contribution in [0.4, 0.5) is 0 Å². The van der Waals surface area contributed by atoms with Crippen LogP contribution in [0.5, 0.6) is 0 Å². The van der Waals surface area contributed by atoms with Crippen molar-refractivity contribution >= 4 is 5.78 Å². The summed E-state index contributed by atoms with van der Waals surface area (Å²) in [7, 11) is 0. The molecule has 1 aromatic rings. The lowest BCUT2D eigenvalue weighted by atomic mass is 10.0. The zero-order valence-corrected chi connectivity index (χ0v) is 9.60. The van der Waals surface area contributed by atoms with Crippen LogP contribution in [0.25, 0.3) is 0 Å². The molecule has 3 atom stereocenters. The number of benzene rings is 1. The van der Waals surface area contributed by atoms with E-state index >= 15 is 0 Å². The molecule has 2 bridgehead atoms. The lowest BCUT2D eigenvalue weighted by Crippen LogP contribution is -2.39. The van der Waals surface area contributed by atoms with Gasteiger partial charge in [-0.15, -0.1) is 0 Å². The third kappa shape index (κ3) is 1.49. The normalized spacial score (nSPS) is 30.9.